The molecule has 5 nitrogen and oxygen atoms in total. The van der Waals surface area contributed by atoms with Gasteiger partial charge in [0.05, 0.1) is 23.5 Å². The molecule has 0 radical (unpaired) electrons. The number of hydrogen-bond acceptors (Lipinski definition) is 3. The van der Waals surface area contributed by atoms with Gasteiger partial charge in [-0.15, -0.1) is 0 Å². The molecule has 1 amide bonds. The first-order valence-electron chi connectivity index (χ1n) is 11.6. The van der Waals surface area contributed by atoms with Gasteiger partial charge in [-0.2, -0.15) is 0 Å². The molecule has 1 atom stereocenters. The first kappa shape index (κ1) is 22.5. The second-order valence-electron chi connectivity index (χ2n) is 9.34. The van der Waals surface area contributed by atoms with Gasteiger partial charge in [0.1, 0.15) is 11.6 Å². The summed E-state index contributed by atoms with van der Waals surface area (Å²) in [5.41, 5.74) is 2.82. The van der Waals surface area contributed by atoms with Gasteiger partial charge in [-0.1, -0.05) is 12.1 Å². The molecule has 3 aromatic rings. The highest BCUT2D eigenvalue weighted by Crippen LogP contribution is 2.26. The number of amides is 1. The number of likely N-dealkylation sites (tertiary alicyclic amines) is 1. The number of halogens is 1. The monoisotopic (exact) mass is 436 g/mol. The lowest BCUT2D eigenvalue weighted by Gasteiger charge is -2.38. The highest BCUT2D eigenvalue weighted by Gasteiger charge is 2.32. The first-order chi connectivity index (χ1) is 15.3. The molecule has 6 heteroatoms. The summed E-state index contributed by atoms with van der Waals surface area (Å²) >= 11 is 0. The third kappa shape index (κ3) is 4.56. The summed E-state index contributed by atoms with van der Waals surface area (Å²) < 4.78 is 15.6. The van der Waals surface area contributed by atoms with E-state index in [4.69, 9.17) is 4.98 Å². The van der Waals surface area contributed by atoms with Gasteiger partial charge in [0.25, 0.3) is 0 Å². The van der Waals surface area contributed by atoms with Gasteiger partial charge in [0.15, 0.2) is 0 Å². The predicted octanol–water partition coefficient (Wildman–Crippen LogP) is 5.02. The number of imidazole rings is 1. The number of carbonyl (C=O) groups excluding carboxylic acids is 1. The molecule has 0 unspecified atom stereocenters. The van der Waals surface area contributed by atoms with Gasteiger partial charge in [-0.25, -0.2) is 9.37 Å². The number of aromatic nitrogens is 2. The molecule has 170 valence electrons. The maximum Gasteiger partial charge on any atom is 0.227 e. The van der Waals surface area contributed by atoms with E-state index in [2.05, 4.69) is 37.2 Å². The number of piperidine rings is 1. The largest absolute Gasteiger partial charge is 0.338 e. The van der Waals surface area contributed by atoms with E-state index in [0.29, 0.717) is 6.54 Å². The lowest BCUT2D eigenvalue weighted by Crippen LogP contribution is -2.49. The zero-order valence-corrected chi connectivity index (χ0v) is 19.5. The molecular weight excluding hydrogens is 403 g/mol. The topological polar surface area (TPSA) is 41.4 Å². The Balaban J connectivity index is 1.60. The molecule has 32 heavy (non-hydrogen) atoms. The Morgan fingerprint density at radius 1 is 1.09 bits per heavy atom. The maximum atomic E-state index is 13.5. The minimum atomic E-state index is -0.253. The van der Waals surface area contributed by atoms with E-state index in [9.17, 15) is 9.18 Å². The summed E-state index contributed by atoms with van der Waals surface area (Å²) in [5, 5.41) is 0. The van der Waals surface area contributed by atoms with Crippen molar-refractivity contribution < 1.29 is 9.18 Å². The second-order valence-corrected chi connectivity index (χ2v) is 9.34. The number of fused-ring (bicyclic) bond motifs is 1. The van der Waals surface area contributed by atoms with Crippen molar-refractivity contribution in [3.8, 4) is 5.69 Å². The minimum absolute atomic E-state index is 0.0113. The fourth-order valence-electron chi connectivity index (χ4n) is 4.98. The van der Waals surface area contributed by atoms with E-state index >= 15 is 0 Å². The number of hydrogen-bond donors (Lipinski definition) is 0. The van der Waals surface area contributed by atoms with E-state index in [-0.39, 0.29) is 29.7 Å². The van der Waals surface area contributed by atoms with Crippen LogP contribution in [0, 0.1) is 11.7 Å². The van der Waals surface area contributed by atoms with Crippen LogP contribution in [0.3, 0.4) is 0 Å². The van der Waals surface area contributed by atoms with Crippen LogP contribution in [0.25, 0.3) is 16.7 Å². The lowest BCUT2D eigenvalue weighted by atomic mass is 9.95. The van der Waals surface area contributed by atoms with E-state index in [1.807, 2.05) is 29.2 Å². The number of benzene rings is 2. The first-order valence-corrected chi connectivity index (χ1v) is 11.6. The molecule has 1 aliphatic heterocycles. The molecule has 2 aromatic carbocycles. The van der Waals surface area contributed by atoms with E-state index in [1.54, 1.807) is 12.1 Å². The van der Waals surface area contributed by atoms with Crippen LogP contribution < -0.4 is 0 Å². The van der Waals surface area contributed by atoms with Crippen LogP contribution in [0.4, 0.5) is 4.39 Å². The minimum Gasteiger partial charge on any atom is -0.338 e. The van der Waals surface area contributed by atoms with Crippen molar-refractivity contribution in [3.63, 3.8) is 0 Å². The summed E-state index contributed by atoms with van der Waals surface area (Å²) in [6.07, 6.45) is 1.93. The average molecular weight is 437 g/mol. The number of nitrogens with zero attached hydrogens (tertiary/aromatic N) is 4. The molecule has 1 fully saturated rings. The Labute approximate surface area is 189 Å². The molecule has 0 saturated carbocycles. The predicted molar refractivity (Wildman–Crippen MR) is 126 cm³/mol. The molecule has 0 aliphatic carbocycles. The zero-order valence-electron chi connectivity index (χ0n) is 19.5. The summed E-state index contributed by atoms with van der Waals surface area (Å²) in [7, 11) is 0. The smallest absolute Gasteiger partial charge is 0.227 e. The Kier molecular flexibility index (Phi) is 6.60. The van der Waals surface area contributed by atoms with E-state index in [0.717, 1.165) is 48.5 Å². The highest BCUT2D eigenvalue weighted by atomic mass is 19.1. The fraction of sp³-hybridized carbons (Fsp3) is 0.462. The van der Waals surface area contributed by atoms with Crippen molar-refractivity contribution in [2.45, 2.75) is 59.2 Å². The standard InChI is InChI=1S/C26H33FN4O/c1-18(2)30(19(3)4)26(32)20-8-7-15-29(16-20)17-25-28-23-9-5-6-10-24(23)31(25)22-13-11-21(27)12-14-22/h5-6,9-14,18-20H,7-8,15-17H2,1-4H3/t20-/m1/s1. The number of rotatable bonds is 6. The third-order valence-corrected chi connectivity index (χ3v) is 6.30. The molecule has 0 bridgehead atoms. The Morgan fingerprint density at radius 3 is 2.47 bits per heavy atom. The molecule has 1 aliphatic rings. The summed E-state index contributed by atoms with van der Waals surface area (Å²) in [6, 6.07) is 15.0. The molecule has 0 N–H and O–H groups in total. The second kappa shape index (κ2) is 9.41. The van der Waals surface area contributed by atoms with Gasteiger partial charge in [-0.3, -0.25) is 14.3 Å². The van der Waals surface area contributed by atoms with Gasteiger partial charge < -0.3 is 4.90 Å². The van der Waals surface area contributed by atoms with Crippen LogP contribution in [0.2, 0.25) is 0 Å². The van der Waals surface area contributed by atoms with Gasteiger partial charge in [0, 0.05) is 24.3 Å². The SMILES string of the molecule is CC(C)N(C(=O)[C@@H]1CCCN(Cc2nc3ccccc3n2-c2ccc(F)cc2)C1)C(C)C. The third-order valence-electron chi connectivity index (χ3n) is 6.30. The fourth-order valence-corrected chi connectivity index (χ4v) is 4.98. The Morgan fingerprint density at radius 2 is 1.78 bits per heavy atom. The number of carbonyl (C=O) groups is 1. The molecule has 4 rings (SSSR count). The molecule has 1 saturated heterocycles. The molecular formula is C26H33FN4O. The van der Waals surface area contributed by atoms with Crippen molar-refractivity contribution in [1.82, 2.24) is 19.4 Å². The van der Waals surface area contributed by atoms with Crippen molar-refractivity contribution in [2.75, 3.05) is 13.1 Å². The maximum absolute atomic E-state index is 13.5. The van der Waals surface area contributed by atoms with Gasteiger partial charge in [0.2, 0.25) is 5.91 Å². The van der Waals surface area contributed by atoms with Crippen LogP contribution in [0.15, 0.2) is 48.5 Å². The summed E-state index contributed by atoms with van der Waals surface area (Å²) in [5.74, 6) is 0.927. The van der Waals surface area contributed by atoms with Crippen LogP contribution in [-0.4, -0.2) is 50.4 Å². The zero-order chi connectivity index (χ0) is 22.8. The quantitative estimate of drug-likeness (QED) is 0.545. The van der Waals surface area contributed by atoms with Gasteiger partial charge in [-0.05, 0) is 83.5 Å². The summed E-state index contributed by atoms with van der Waals surface area (Å²) in [4.78, 5) is 22.5. The van der Waals surface area contributed by atoms with E-state index in [1.165, 1.54) is 12.1 Å². The lowest BCUT2D eigenvalue weighted by molar-refractivity contribution is -0.141. The summed E-state index contributed by atoms with van der Waals surface area (Å²) in [6.45, 7) is 10.7. The molecule has 1 aromatic heterocycles. The highest BCUT2D eigenvalue weighted by molar-refractivity contribution is 5.80. The Hall–Kier alpha value is -2.73. The Bertz CT molecular complexity index is 1070. The normalized spacial score (nSPS) is 17.4. The van der Waals surface area contributed by atoms with Gasteiger partial charge >= 0.3 is 0 Å². The van der Waals surface area contributed by atoms with Crippen molar-refractivity contribution in [1.29, 1.82) is 0 Å². The van der Waals surface area contributed by atoms with Crippen molar-refractivity contribution >= 4 is 16.9 Å². The molecule has 0 spiro atoms. The van der Waals surface area contributed by atoms with Crippen molar-refractivity contribution in [2.24, 2.45) is 5.92 Å². The van der Waals surface area contributed by atoms with E-state index < -0.39 is 0 Å². The van der Waals surface area contributed by atoms with Crippen LogP contribution in [-0.2, 0) is 11.3 Å². The van der Waals surface area contributed by atoms with Crippen LogP contribution in [0.1, 0.15) is 46.4 Å². The molecule has 2 heterocycles. The average Bonchev–Trinajstić information content (AvgIpc) is 3.12. The van der Waals surface area contributed by atoms with Crippen molar-refractivity contribution in [3.05, 3.63) is 60.2 Å². The number of para-hydroxylation sites is 2. The van der Waals surface area contributed by atoms with Crippen LogP contribution in [0.5, 0.6) is 0 Å². The van der Waals surface area contributed by atoms with Crippen LogP contribution >= 0.6 is 0 Å².